The van der Waals surface area contributed by atoms with E-state index in [-0.39, 0.29) is 18.8 Å². The number of hydrogen-bond donors (Lipinski definition) is 2. The van der Waals surface area contributed by atoms with E-state index in [1.54, 1.807) is 0 Å². The van der Waals surface area contributed by atoms with Crippen molar-refractivity contribution in [3.63, 3.8) is 0 Å². The van der Waals surface area contributed by atoms with Crippen LogP contribution in [0.15, 0.2) is 54.6 Å². The molecule has 158 valence electrons. The van der Waals surface area contributed by atoms with Crippen molar-refractivity contribution in [3.05, 3.63) is 70.8 Å². The van der Waals surface area contributed by atoms with Crippen molar-refractivity contribution in [2.75, 3.05) is 19.7 Å². The summed E-state index contributed by atoms with van der Waals surface area (Å²) in [5.74, 6) is -0.0175. The fourth-order valence-electron chi connectivity index (χ4n) is 2.74. The van der Waals surface area contributed by atoms with Crippen molar-refractivity contribution in [1.82, 2.24) is 5.32 Å². The molecule has 4 nitrogen and oxygen atoms in total. The summed E-state index contributed by atoms with van der Waals surface area (Å²) in [6.45, 7) is 1.74. The van der Waals surface area contributed by atoms with Gasteiger partial charge >= 0.3 is 5.97 Å². The van der Waals surface area contributed by atoms with E-state index in [4.69, 9.17) is 21.4 Å². The number of hydrogen-bond acceptors (Lipinski definition) is 3. The van der Waals surface area contributed by atoms with Crippen LogP contribution in [0, 0.1) is 0 Å². The van der Waals surface area contributed by atoms with Gasteiger partial charge in [0, 0.05) is 13.1 Å². The van der Waals surface area contributed by atoms with Crippen LogP contribution in [0.2, 0.25) is 5.02 Å². The lowest BCUT2D eigenvalue weighted by Gasteiger charge is -2.08. The van der Waals surface area contributed by atoms with Crippen molar-refractivity contribution in [3.8, 4) is 5.75 Å². The first-order valence-electron chi connectivity index (χ1n) is 9.70. The number of rotatable bonds is 13. The van der Waals surface area contributed by atoms with Crippen LogP contribution in [0.3, 0.4) is 0 Å². The summed E-state index contributed by atoms with van der Waals surface area (Å²) in [6, 6.07) is 16.2. The number of halogens is 2. The zero-order valence-corrected chi connectivity index (χ0v) is 18.1. The third-order valence-corrected chi connectivity index (χ3v) is 4.60. The molecule has 2 aromatic rings. The number of nitrogens with one attached hydrogen (secondary N) is 1. The Balaban J connectivity index is 0.00000420. The molecule has 0 aromatic heterocycles. The monoisotopic (exact) mass is 437 g/mol. The largest absolute Gasteiger partial charge is 0.494 e. The van der Waals surface area contributed by atoms with E-state index in [0.717, 1.165) is 30.6 Å². The summed E-state index contributed by atoms with van der Waals surface area (Å²) in [5, 5.41) is 12.3. The number of unbranched alkanes of at least 4 members (excludes halogenated alkanes) is 2. The standard InChI is InChI=1S/C23H28ClNO3.ClH/c24-22-18-21(13-12-20(22)11-7-15-25-16-14-23(26)27)28-17-6-2-5-10-19-8-3-1-4-9-19;/h1,3-4,7-9,11-13,18,25H,2,5-6,10,14-17H2,(H,26,27);1H/b11-7+;. The van der Waals surface area contributed by atoms with Crippen LogP contribution in [-0.2, 0) is 11.2 Å². The Labute approximate surface area is 184 Å². The summed E-state index contributed by atoms with van der Waals surface area (Å²) in [7, 11) is 0. The van der Waals surface area contributed by atoms with Crippen molar-refractivity contribution in [1.29, 1.82) is 0 Å². The smallest absolute Gasteiger partial charge is 0.304 e. The SMILES string of the molecule is Cl.O=C(O)CCNC/C=C/c1ccc(OCCCCCc2ccccc2)cc1Cl. The Morgan fingerprint density at radius 3 is 2.62 bits per heavy atom. The maximum absolute atomic E-state index is 10.4. The molecule has 0 radical (unpaired) electrons. The molecule has 2 N–H and O–H groups in total. The molecule has 6 heteroatoms. The molecule has 0 heterocycles. The Kier molecular flexibility index (Phi) is 12.9. The lowest BCUT2D eigenvalue weighted by Crippen LogP contribution is -2.17. The quantitative estimate of drug-likeness (QED) is 0.398. The number of ether oxygens (including phenoxy) is 1. The van der Waals surface area contributed by atoms with Crippen LogP contribution in [0.5, 0.6) is 5.75 Å². The predicted molar refractivity (Wildman–Crippen MR) is 122 cm³/mol. The second kappa shape index (κ2) is 14.9. The van der Waals surface area contributed by atoms with Gasteiger partial charge in [0.1, 0.15) is 5.75 Å². The maximum atomic E-state index is 10.4. The number of carbonyl (C=O) groups is 1. The van der Waals surface area contributed by atoms with Crippen LogP contribution < -0.4 is 10.1 Å². The molecule has 0 bridgehead atoms. The topological polar surface area (TPSA) is 58.6 Å². The van der Waals surface area contributed by atoms with Crippen LogP contribution in [0.1, 0.15) is 36.8 Å². The highest BCUT2D eigenvalue weighted by molar-refractivity contribution is 6.32. The van der Waals surface area contributed by atoms with Crippen LogP contribution >= 0.6 is 24.0 Å². The first-order valence-corrected chi connectivity index (χ1v) is 10.1. The minimum atomic E-state index is -0.800. The molecule has 0 aliphatic carbocycles. The zero-order chi connectivity index (χ0) is 20.0. The molecule has 0 atom stereocenters. The van der Waals surface area contributed by atoms with Crippen molar-refractivity contribution in [2.24, 2.45) is 0 Å². The number of benzene rings is 2. The molecular weight excluding hydrogens is 409 g/mol. The van der Waals surface area contributed by atoms with E-state index in [1.165, 1.54) is 12.0 Å². The average molecular weight is 438 g/mol. The minimum absolute atomic E-state index is 0. The van der Waals surface area contributed by atoms with E-state index < -0.39 is 5.97 Å². The van der Waals surface area contributed by atoms with E-state index in [1.807, 2.05) is 36.4 Å². The molecule has 0 spiro atoms. The highest BCUT2D eigenvalue weighted by Crippen LogP contribution is 2.24. The first kappa shape index (κ1) is 25.0. The van der Waals surface area contributed by atoms with Crippen LogP contribution in [0.25, 0.3) is 6.08 Å². The highest BCUT2D eigenvalue weighted by atomic mass is 35.5. The molecule has 2 rings (SSSR count). The molecule has 0 aliphatic rings. The fraction of sp³-hybridized carbons (Fsp3) is 0.348. The number of aryl methyl sites for hydroxylation is 1. The minimum Gasteiger partial charge on any atom is -0.494 e. The summed E-state index contributed by atoms with van der Waals surface area (Å²) >= 11 is 6.31. The summed E-state index contributed by atoms with van der Waals surface area (Å²) in [6.07, 6.45) is 8.40. The summed E-state index contributed by atoms with van der Waals surface area (Å²) in [5.41, 5.74) is 2.30. The van der Waals surface area contributed by atoms with Crippen molar-refractivity contribution < 1.29 is 14.6 Å². The molecule has 0 fully saturated rings. The van der Waals surface area contributed by atoms with Gasteiger partial charge in [-0.3, -0.25) is 4.79 Å². The van der Waals surface area contributed by atoms with Gasteiger partial charge < -0.3 is 15.2 Å². The van der Waals surface area contributed by atoms with E-state index in [9.17, 15) is 4.79 Å². The van der Waals surface area contributed by atoms with Crippen molar-refractivity contribution >= 4 is 36.1 Å². The van der Waals surface area contributed by atoms with E-state index in [2.05, 4.69) is 29.6 Å². The fourth-order valence-corrected chi connectivity index (χ4v) is 2.98. The normalized spacial score (nSPS) is 10.7. The van der Waals surface area contributed by atoms with Gasteiger partial charge in [0.25, 0.3) is 0 Å². The Morgan fingerprint density at radius 2 is 1.90 bits per heavy atom. The molecule has 0 unspecified atom stereocenters. The van der Waals surface area contributed by atoms with Crippen molar-refractivity contribution in [2.45, 2.75) is 32.1 Å². The molecular formula is C23H29Cl2NO3. The van der Waals surface area contributed by atoms with Gasteiger partial charge in [0.2, 0.25) is 0 Å². The second-order valence-electron chi connectivity index (χ2n) is 6.58. The summed E-state index contributed by atoms with van der Waals surface area (Å²) in [4.78, 5) is 10.4. The highest BCUT2D eigenvalue weighted by Gasteiger charge is 2.01. The zero-order valence-electron chi connectivity index (χ0n) is 16.5. The van der Waals surface area contributed by atoms with Gasteiger partial charge in [-0.1, -0.05) is 54.1 Å². The van der Waals surface area contributed by atoms with Gasteiger partial charge in [-0.05, 0) is 55.0 Å². The predicted octanol–water partition coefficient (Wildman–Crippen LogP) is 5.63. The number of carboxylic acid groups (broad SMARTS) is 1. The van der Waals surface area contributed by atoms with Gasteiger partial charge in [0.05, 0.1) is 18.1 Å². The first-order chi connectivity index (χ1) is 13.6. The molecule has 29 heavy (non-hydrogen) atoms. The molecule has 2 aromatic carbocycles. The second-order valence-corrected chi connectivity index (χ2v) is 6.99. The van der Waals surface area contributed by atoms with Crippen LogP contribution in [-0.4, -0.2) is 30.8 Å². The number of aliphatic carboxylic acids is 1. The van der Waals surface area contributed by atoms with E-state index in [0.29, 0.717) is 24.7 Å². The third-order valence-electron chi connectivity index (χ3n) is 4.27. The van der Waals surface area contributed by atoms with Gasteiger partial charge in [-0.2, -0.15) is 0 Å². The third kappa shape index (κ3) is 10.9. The lowest BCUT2D eigenvalue weighted by molar-refractivity contribution is -0.136. The van der Waals surface area contributed by atoms with Gasteiger partial charge in [-0.25, -0.2) is 0 Å². The van der Waals surface area contributed by atoms with Gasteiger partial charge in [0.15, 0.2) is 0 Å². The van der Waals surface area contributed by atoms with Crippen LogP contribution in [0.4, 0.5) is 0 Å². The lowest BCUT2D eigenvalue weighted by atomic mass is 10.1. The van der Waals surface area contributed by atoms with Gasteiger partial charge in [-0.15, -0.1) is 12.4 Å². The Bertz CT molecular complexity index is 751. The molecule has 0 saturated carbocycles. The number of carboxylic acids is 1. The summed E-state index contributed by atoms with van der Waals surface area (Å²) < 4.78 is 5.80. The molecule has 0 aliphatic heterocycles. The maximum Gasteiger partial charge on any atom is 0.304 e. The van der Waals surface area contributed by atoms with E-state index >= 15 is 0 Å². The molecule has 0 saturated heterocycles. The Morgan fingerprint density at radius 1 is 1.10 bits per heavy atom. The Hall–Kier alpha value is -2.01. The average Bonchev–Trinajstić information content (AvgIpc) is 2.69. The molecule has 0 amide bonds.